The maximum Gasteiger partial charge on any atom is 0.192 e. The molecule has 0 radical (unpaired) electrons. The highest BCUT2D eigenvalue weighted by atomic mass is 28.4. The number of ether oxygens (including phenoxy) is 1. The Morgan fingerprint density at radius 3 is 1.77 bits per heavy atom. The smallest absolute Gasteiger partial charge is 0.192 e. The third-order valence-corrected chi connectivity index (χ3v) is 11.7. The van der Waals surface area contributed by atoms with E-state index in [0.717, 1.165) is 24.6 Å². The highest BCUT2D eigenvalue weighted by Gasteiger charge is 2.43. The molecule has 0 bridgehead atoms. The highest BCUT2D eigenvalue weighted by Crippen LogP contribution is 2.39. The Morgan fingerprint density at radius 2 is 1.42 bits per heavy atom. The molecule has 0 aliphatic rings. The van der Waals surface area contributed by atoms with Crippen LogP contribution in [0.4, 0.5) is 0 Å². The molecule has 0 saturated carbocycles. The summed E-state index contributed by atoms with van der Waals surface area (Å²) in [5.74, 6) is 0.0706. The Labute approximate surface area is 164 Å². The molecular weight excluding hydrogens is 340 g/mol. The quantitative estimate of drug-likeness (QED) is 0.321. The molecule has 0 aliphatic heterocycles. The van der Waals surface area contributed by atoms with Crippen molar-refractivity contribution in [3.63, 3.8) is 0 Å². The Hall–Kier alpha value is -0.163. The van der Waals surface area contributed by atoms with E-state index in [9.17, 15) is 5.11 Å². The van der Waals surface area contributed by atoms with Gasteiger partial charge in [0, 0.05) is 18.4 Å². The lowest BCUT2D eigenvalue weighted by Gasteiger charge is -2.45. The second-order valence-corrected chi connectivity index (χ2v) is 13.3. The van der Waals surface area contributed by atoms with Crippen LogP contribution >= 0.6 is 0 Å². The number of aliphatic hydroxyl groups excluding tert-OH is 1. The SMILES string of the molecule is CCC(O[Si](CC)(CC)CC)C(C)(C)[C@@H](O)[C@@H](C)/C(C)=C(\C)[C@H](C)OC. The van der Waals surface area contributed by atoms with Gasteiger partial charge in [0.2, 0.25) is 0 Å². The predicted molar refractivity (Wildman–Crippen MR) is 116 cm³/mol. The van der Waals surface area contributed by atoms with Gasteiger partial charge < -0.3 is 14.3 Å². The van der Waals surface area contributed by atoms with Crippen molar-refractivity contribution in [1.82, 2.24) is 0 Å². The molecule has 26 heavy (non-hydrogen) atoms. The molecule has 0 fully saturated rings. The van der Waals surface area contributed by atoms with Gasteiger partial charge in [0.25, 0.3) is 0 Å². The van der Waals surface area contributed by atoms with E-state index in [4.69, 9.17) is 9.16 Å². The molecule has 3 nitrogen and oxygen atoms in total. The van der Waals surface area contributed by atoms with Crippen LogP contribution in [0.2, 0.25) is 18.1 Å². The monoisotopic (exact) mass is 386 g/mol. The van der Waals surface area contributed by atoms with Crippen molar-refractivity contribution in [2.45, 2.75) is 112 Å². The van der Waals surface area contributed by atoms with E-state index in [1.165, 1.54) is 11.1 Å². The van der Waals surface area contributed by atoms with Gasteiger partial charge in [0.05, 0.1) is 18.3 Å². The molecule has 0 rings (SSSR count). The summed E-state index contributed by atoms with van der Waals surface area (Å²) < 4.78 is 12.3. The maximum absolute atomic E-state index is 11.3. The summed E-state index contributed by atoms with van der Waals surface area (Å²) in [7, 11) is 0.0263. The van der Waals surface area contributed by atoms with E-state index in [2.05, 4.69) is 69.2 Å². The summed E-state index contributed by atoms with van der Waals surface area (Å²) in [6.07, 6.45) is 0.635. The zero-order valence-corrected chi connectivity index (χ0v) is 20.4. The van der Waals surface area contributed by atoms with Gasteiger partial charge in [-0.25, -0.2) is 0 Å². The second-order valence-electron chi connectivity index (χ2n) is 8.56. The number of hydrogen-bond donors (Lipinski definition) is 1. The molecule has 0 heterocycles. The first-order valence-electron chi connectivity index (χ1n) is 10.5. The molecule has 0 aliphatic carbocycles. The van der Waals surface area contributed by atoms with Crippen LogP contribution in [0.3, 0.4) is 0 Å². The molecular formula is C22H46O3Si. The van der Waals surface area contributed by atoms with Crippen molar-refractivity contribution in [3.05, 3.63) is 11.1 Å². The molecule has 1 N–H and O–H groups in total. The van der Waals surface area contributed by atoms with Crippen LogP contribution in [-0.4, -0.2) is 38.8 Å². The van der Waals surface area contributed by atoms with Crippen molar-refractivity contribution < 1.29 is 14.3 Å². The van der Waals surface area contributed by atoms with Gasteiger partial charge >= 0.3 is 0 Å². The fourth-order valence-corrected chi connectivity index (χ4v) is 7.07. The number of rotatable bonds is 12. The number of methoxy groups -OCH3 is 1. The largest absolute Gasteiger partial charge is 0.413 e. The van der Waals surface area contributed by atoms with E-state index >= 15 is 0 Å². The molecule has 1 unspecified atom stereocenters. The van der Waals surface area contributed by atoms with Crippen LogP contribution < -0.4 is 0 Å². The third-order valence-electron chi connectivity index (χ3n) is 7.03. The van der Waals surface area contributed by atoms with Crippen LogP contribution in [0.25, 0.3) is 0 Å². The van der Waals surface area contributed by atoms with Gasteiger partial charge in [-0.15, -0.1) is 0 Å². The zero-order chi connectivity index (χ0) is 20.7. The molecule has 0 aromatic carbocycles. The standard InChI is InChI=1S/C22H46O3Si/c1-12-20(25-26(13-2,14-3)15-4)22(9,10)21(23)18(7)16(5)17(6)19(8)24-11/h18-21,23H,12-15H2,1-11H3/b17-16+/t18-,19-,20?,21-/m0/s1. The summed E-state index contributed by atoms with van der Waals surface area (Å²) in [5, 5.41) is 11.3. The first-order chi connectivity index (χ1) is 12.0. The normalized spacial score (nSPS) is 18.9. The summed E-state index contributed by atoms with van der Waals surface area (Å²) in [5.41, 5.74) is 2.13. The van der Waals surface area contributed by atoms with Crippen LogP contribution in [0.15, 0.2) is 11.1 Å². The topological polar surface area (TPSA) is 38.7 Å². The minimum Gasteiger partial charge on any atom is -0.413 e. The summed E-state index contributed by atoms with van der Waals surface area (Å²) in [6.45, 7) is 21.7. The fraction of sp³-hybridized carbons (Fsp3) is 0.909. The summed E-state index contributed by atoms with van der Waals surface area (Å²) in [6, 6.07) is 3.42. The number of aliphatic hydroxyl groups is 1. The summed E-state index contributed by atoms with van der Waals surface area (Å²) in [4.78, 5) is 0. The Bertz CT molecular complexity index is 432. The van der Waals surface area contributed by atoms with Crippen LogP contribution in [0.5, 0.6) is 0 Å². The van der Waals surface area contributed by atoms with E-state index in [0.29, 0.717) is 0 Å². The van der Waals surface area contributed by atoms with E-state index < -0.39 is 14.4 Å². The minimum atomic E-state index is -1.71. The first kappa shape index (κ1) is 25.8. The van der Waals surface area contributed by atoms with Crippen molar-refractivity contribution in [2.75, 3.05) is 7.11 Å². The lowest BCUT2D eigenvalue weighted by Crippen LogP contribution is -2.50. The minimum absolute atomic E-state index is 0.0706. The van der Waals surface area contributed by atoms with E-state index in [1.54, 1.807) is 7.11 Å². The predicted octanol–water partition coefficient (Wildman–Crippen LogP) is 6.18. The molecule has 0 aromatic heterocycles. The van der Waals surface area contributed by atoms with Crippen LogP contribution in [0.1, 0.15) is 75.7 Å². The summed E-state index contributed by atoms with van der Waals surface area (Å²) >= 11 is 0. The van der Waals surface area contributed by atoms with Gasteiger partial charge in [0.15, 0.2) is 8.32 Å². The van der Waals surface area contributed by atoms with Crippen molar-refractivity contribution >= 4 is 8.32 Å². The van der Waals surface area contributed by atoms with Gasteiger partial charge in [-0.05, 0) is 50.9 Å². The van der Waals surface area contributed by atoms with Crippen molar-refractivity contribution in [2.24, 2.45) is 11.3 Å². The molecule has 0 saturated heterocycles. The molecule has 4 atom stereocenters. The number of hydrogen-bond acceptors (Lipinski definition) is 3. The lowest BCUT2D eigenvalue weighted by atomic mass is 9.72. The Balaban J connectivity index is 5.61. The zero-order valence-electron chi connectivity index (χ0n) is 19.4. The Kier molecular flexibility index (Phi) is 10.9. The second kappa shape index (κ2) is 11.0. The average molecular weight is 387 g/mol. The van der Waals surface area contributed by atoms with E-state index in [1.807, 2.05) is 0 Å². The highest BCUT2D eigenvalue weighted by molar-refractivity contribution is 6.73. The Morgan fingerprint density at radius 1 is 0.962 bits per heavy atom. The molecule has 156 valence electrons. The van der Waals surface area contributed by atoms with Crippen molar-refractivity contribution in [1.29, 1.82) is 0 Å². The van der Waals surface area contributed by atoms with Crippen molar-refractivity contribution in [3.8, 4) is 0 Å². The first-order valence-corrected chi connectivity index (χ1v) is 13.1. The van der Waals surface area contributed by atoms with Gasteiger partial charge in [-0.3, -0.25) is 0 Å². The van der Waals surface area contributed by atoms with Crippen LogP contribution in [0, 0.1) is 11.3 Å². The molecule has 0 aromatic rings. The average Bonchev–Trinajstić information content (AvgIpc) is 2.66. The van der Waals surface area contributed by atoms with Crippen LogP contribution in [-0.2, 0) is 9.16 Å². The molecule has 0 spiro atoms. The van der Waals surface area contributed by atoms with Gasteiger partial charge in [0.1, 0.15) is 0 Å². The fourth-order valence-electron chi connectivity index (χ4n) is 3.99. The van der Waals surface area contributed by atoms with Gasteiger partial charge in [-0.2, -0.15) is 0 Å². The maximum atomic E-state index is 11.3. The lowest BCUT2D eigenvalue weighted by molar-refractivity contribution is -0.0592. The molecule has 4 heteroatoms. The third kappa shape index (κ3) is 5.92. The molecule has 0 amide bonds. The van der Waals surface area contributed by atoms with E-state index in [-0.39, 0.29) is 23.5 Å². The van der Waals surface area contributed by atoms with Gasteiger partial charge in [-0.1, -0.05) is 54.0 Å².